The SMILES string of the molecule is COC(CNC(=O)c1c(C)nn(CCC#N)c1N)OC. The molecule has 0 atom stereocenters. The summed E-state index contributed by atoms with van der Waals surface area (Å²) in [6.07, 6.45) is -0.240. The van der Waals surface area contributed by atoms with Crippen molar-refractivity contribution >= 4 is 11.7 Å². The Morgan fingerprint density at radius 2 is 2.20 bits per heavy atom. The summed E-state index contributed by atoms with van der Waals surface area (Å²) in [4.78, 5) is 12.1. The van der Waals surface area contributed by atoms with Gasteiger partial charge in [0.1, 0.15) is 11.4 Å². The van der Waals surface area contributed by atoms with E-state index >= 15 is 0 Å². The summed E-state index contributed by atoms with van der Waals surface area (Å²) in [6.45, 7) is 2.25. The van der Waals surface area contributed by atoms with Crippen LogP contribution in [0.25, 0.3) is 0 Å². The Kier molecular flexibility index (Phi) is 5.96. The molecule has 1 aromatic heterocycles. The Bertz CT molecular complexity index is 502. The summed E-state index contributed by atoms with van der Waals surface area (Å²) in [5.41, 5.74) is 6.72. The minimum Gasteiger partial charge on any atom is -0.383 e. The number of anilines is 1. The van der Waals surface area contributed by atoms with Crippen molar-refractivity contribution in [3.8, 4) is 6.07 Å². The summed E-state index contributed by atoms with van der Waals surface area (Å²) in [5.74, 6) is -0.0936. The summed E-state index contributed by atoms with van der Waals surface area (Å²) < 4.78 is 11.4. The van der Waals surface area contributed by atoms with Gasteiger partial charge >= 0.3 is 0 Å². The van der Waals surface area contributed by atoms with Gasteiger partial charge in [0.05, 0.1) is 31.3 Å². The molecule has 0 fully saturated rings. The lowest BCUT2D eigenvalue weighted by Gasteiger charge is -2.14. The van der Waals surface area contributed by atoms with Crippen LogP contribution in [-0.2, 0) is 16.0 Å². The van der Waals surface area contributed by atoms with Gasteiger partial charge in [0.2, 0.25) is 0 Å². The molecular formula is C12H19N5O3. The van der Waals surface area contributed by atoms with Crippen molar-refractivity contribution in [1.29, 1.82) is 5.26 Å². The molecule has 0 saturated carbocycles. The van der Waals surface area contributed by atoms with Crippen molar-refractivity contribution in [2.75, 3.05) is 26.5 Å². The number of hydrogen-bond acceptors (Lipinski definition) is 6. The summed E-state index contributed by atoms with van der Waals surface area (Å²) in [5, 5.41) is 15.4. The third-order valence-corrected chi connectivity index (χ3v) is 2.78. The van der Waals surface area contributed by atoms with Crippen molar-refractivity contribution in [1.82, 2.24) is 15.1 Å². The molecule has 0 radical (unpaired) electrons. The van der Waals surface area contributed by atoms with Crippen LogP contribution in [0.2, 0.25) is 0 Å². The first-order chi connectivity index (χ1) is 9.54. The van der Waals surface area contributed by atoms with Gasteiger partial charge in [-0.05, 0) is 6.92 Å². The van der Waals surface area contributed by atoms with Crippen molar-refractivity contribution in [3.05, 3.63) is 11.3 Å². The fraction of sp³-hybridized carbons (Fsp3) is 0.583. The molecule has 8 heteroatoms. The van der Waals surface area contributed by atoms with Crippen LogP contribution in [0.3, 0.4) is 0 Å². The Labute approximate surface area is 117 Å². The van der Waals surface area contributed by atoms with Crippen LogP contribution in [0.5, 0.6) is 0 Å². The molecule has 1 amide bonds. The Morgan fingerprint density at radius 3 is 2.75 bits per heavy atom. The Morgan fingerprint density at radius 1 is 1.55 bits per heavy atom. The van der Waals surface area contributed by atoms with Gasteiger partial charge in [0.25, 0.3) is 5.91 Å². The molecule has 110 valence electrons. The number of amides is 1. The topological polar surface area (TPSA) is 115 Å². The first-order valence-corrected chi connectivity index (χ1v) is 6.08. The van der Waals surface area contributed by atoms with Crippen molar-refractivity contribution in [2.45, 2.75) is 26.2 Å². The average molecular weight is 281 g/mol. The monoisotopic (exact) mass is 281 g/mol. The molecule has 0 saturated heterocycles. The van der Waals surface area contributed by atoms with Crippen molar-refractivity contribution < 1.29 is 14.3 Å². The Balaban J connectivity index is 2.78. The maximum Gasteiger partial charge on any atom is 0.257 e. The van der Waals surface area contributed by atoms with E-state index in [0.717, 1.165) is 0 Å². The summed E-state index contributed by atoms with van der Waals surface area (Å²) >= 11 is 0. The van der Waals surface area contributed by atoms with E-state index < -0.39 is 6.29 Å². The van der Waals surface area contributed by atoms with Gasteiger partial charge in [0.15, 0.2) is 6.29 Å². The van der Waals surface area contributed by atoms with Crippen LogP contribution in [0, 0.1) is 18.3 Å². The maximum absolute atomic E-state index is 12.1. The van der Waals surface area contributed by atoms with E-state index in [1.165, 1.54) is 18.9 Å². The molecule has 1 rings (SSSR count). The van der Waals surface area contributed by atoms with Crippen LogP contribution < -0.4 is 11.1 Å². The zero-order valence-electron chi connectivity index (χ0n) is 11.8. The van der Waals surface area contributed by atoms with Gasteiger partial charge in [-0.25, -0.2) is 4.68 Å². The molecule has 1 aromatic rings. The second-order valence-corrected chi connectivity index (χ2v) is 4.09. The minimum atomic E-state index is -0.519. The smallest absolute Gasteiger partial charge is 0.257 e. The standard InChI is InChI=1S/C12H19N5O3/c1-8-10(11(14)17(16-8)6-4-5-13)12(18)15-7-9(19-2)20-3/h9H,4,6-7,14H2,1-3H3,(H,15,18). The molecule has 0 aliphatic carbocycles. The van der Waals surface area contributed by atoms with Crippen molar-refractivity contribution in [2.24, 2.45) is 0 Å². The number of ether oxygens (including phenoxy) is 2. The number of carbonyl (C=O) groups excluding carboxylic acids is 1. The molecule has 0 aliphatic heterocycles. The van der Waals surface area contributed by atoms with Gasteiger partial charge in [-0.1, -0.05) is 0 Å². The summed E-state index contributed by atoms with van der Waals surface area (Å²) in [6, 6.07) is 2.01. The van der Waals surface area contributed by atoms with E-state index in [0.29, 0.717) is 17.8 Å². The van der Waals surface area contributed by atoms with Gasteiger partial charge in [-0.15, -0.1) is 0 Å². The van der Waals surface area contributed by atoms with Gasteiger partial charge in [-0.2, -0.15) is 10.4 Å². The molecular weight excluding hydrogens is 262 g/mol. The van der Waals surface area contributed by atoms with Crippen LogP contribution in [-0.4, -0.2) is 42.7 Å². The third-order valence-electron chi connectivity index (χ3n) is 2.78. The number of nitriles is 1. The molecule has 0 aliphatic rings. The molecule has 20 heavy (non-hydrogen) atoms. The highest BCUT2D eigenvalue weighted by atomic mass is 16.7. The van der Waals surface area contributed by atoms with Crippen molar-refractivity contribution in [3.63, 3.8) is 0 Å². The normalized spacial score (nSPS) is 10.6. The first-order valence-electron chi connectivity index (χ1n) is 6.08. The van der Waals surface area contributed by atoms with E-state index in [2.05, 4.69) is 10.4 Å². The highest BCUT2D eigenvalue weighted by Gasteiger charge is 2.20. The predicted molar refractivity (Wildman–Crippen MR) is 71.7 cm³/mol. The lowest BCUT2D eigenvalue weighted by molar-refractivity contribution is -0.0974. The largest absolute Gasteiger partial charge is 0.383 e. The number of hydrogen-bond donors (Lipinski definition) is 2. The van der Waals surface area contributed by atoms with Gasteiger partial charge < -0.3 is 20.5 Å². The number of nitrogens with zero attached hydrogens (tertiary/aromatic N) is 3. The van der Waals surface area contributed by atoms with E-state index in [1.807, 2.05) is 6.07 Å². The summed E-state index contributed by atoms with van der Waals surface area (Å²) in [7, 11) is 2.97. The van der Waals surface area contributed by atoms with Crippen LogP contribution >= 0.6 is 0 Å². The molecule has 1 heterocycles. The van der Waals surface area contributed by atoms with Crippen LogP contribution in [0.15, 0.2) is 0 Å². The zero-order valence-corrected chi connectivity index (χ0v) is 11.8. The number of nitrogens with two attached hydrogens (primary N) is 1. The number of aromatic nitrogens is 2. The highest BCUT2D eigenvalue weighted by Crippen LogP contribution is 2.16. The molecule has 3 N–H and O–H groups in total. The van der Waals surface area contributed by atoms with Crippen LogP contribution in [0.4, 0.5) is 5.82 Å². The molecule has 0 spiro atoms. The molecule has 0 bridgehead atoms. The number of nitrogens with one attached hydrogen (secondary N) is 1. The van der Waals surface area contributed by atoms with E-state index in [1.54, 1.807) is 6.92 Å². The van der Waals surface area contributed by atoms with Gasteiger partial charge in [-0.3, -0.25) is 4.79 Å². The lowest BCUT2D eigenvalue weighted by Crippen LogP contribution is -2.34. The molecule has 0 aromatic carbocycles. The van der Waals surface area contributed by atoms with E-state index in [-0.39, 0.29) is 24.7 Å². The van der Waals surface area contributed by atoms with E-state index in [4.69, 9.17) is 20.5 Å². The second kappa shape index (κ2) is 7.47. The number of aryl methyl sites for hydroxylation is 2. The number of rotatable bonds is 7. The number of nitrogen functional groups attached to an aromatic ring is 1. The number of carbonyl (C=O) groups is 1. The van der Waals surface area contributed by atoms with Gasteiger partial charge in [0, 0.05) is 14.2 Å². The quantitative estimate of drug-likeness (QED) is 0.682. The van der Waals surface area contributed by atoms with E-state index in [9.17, 15) is 4.79 Å². The fourth-order valence-corrected chi connectivity index (χ4v) is 1.73. The third kappa shape index (κ3) is 3.69. The van der Waals surface area contributed by atoms with Crippen LogP contribution in [0.1, 0.15) is 22.5 Å². The average Bonchev–Trinajstić information content (AvgIpc) is 2.72. The molecule has 0 unspecified atom stereocenters. The minimum absolute atomic E-state index is 0.202. The molecule has 8 nitrogen and oxygen atoms in total. The number of methoxy groups -OCH3 is 2. The second-order valence-electron chi connectivity index (χ2n) is 4.09. The zero-order chi connectivity index (χ0) is 15.1. The Hall–Kier alpha value is -2.11. The fourth-order valence-electron chi connectivity index (χ4n) is 1.73. The lowest BCUT2D eigenvalue weighted by atomic mass is 10.2. The maximum atomic E-state index is 12.1. The predicted octanol–water partition coefficient (Wildman–Crippen LogP) is 0.0361. The first kappa shape index (κ1) is 15.9. The highest BCUT2D eigenvalue weighted by molar-refractivity contribution is 5.99.